The molecule has 0 bridgehead atoms. The van der Waals surface area contributed by atoms with Gasteiger partial charge in [-0.25, -0.2) is 0 Å². The van der Waals surface area contributed by atoms with Crippen molar-refractivity contribution in [2.24, 2.45) is 0 Å². The van der Waals surface area contributed by atoms with Crippen LogP contribution >= 0.6 is 11.6 Å². The van der Waals surface area contributed by atoms with Crippen molar-refractivity contribution in [3.63, 3.8) is 0 Å². The fraction of sp³-hybridized carbons (Fsp3) is 0.455. The van der Waals surface area contributed by atoms with Gasteiger partial charge in [0.25, 0.3) is 0 Å². The maximum absolute atomic E-state index is 6.48. The Morgan fingerprint density at radius 3 is 2.20 bits per heavy atom. The molecule has 1 aromatic carbocycles. The molecule has 2 nitrogen and oxygen atoms in total. The first-order valence-corrected chi connectivity index (χ1v) is 8.26. The summed E-state index contributed by atoms with van der Waals surface area (Å²) in [6.45, 7) is 3.94. The third-order valence-corrected chi connectivity index (χ3v) is 6.79. The Morgan fingerprint density at radius 2 is 1.67 bits per heavy atom. The summed E-state index contributed by atoms with van der Waals surface area (Å²) in [7, 11) is 0. The Bertz CT molecular complexity index is 381. The van der Waals surface area contributed by atoms with E-state index in [1.165, 1.54) is 0 Å². The fourth-order valence-corrected chi connectivity index (χ4v) is 3.47. The van der Waals surface area contributed by atoms with Crippen LogP contribution in [0.4, 0.5) is 0 Å². The number of para-hydroxylation sites is 2. The van der Waals surface area contributed by atoms with Gasteiger partial charge in [0.15, 0.2) is 0 Å². The van der Waals surface area contributed by atoms with E-state index in [1.54, 1.807) is 0 Å². The van der Waals surface area contributed by atoms with Gasteiger partial charge in [-0.3, -0.25) is 0 Å². The predicted octanol–water partition coefficient (Wildman–Crippen LogP) is -0.152. The fourth-order valence-electron chi connectivity index (χ4n) is 1.48. The molecule has 1 aliphatic rings. The molecule has 1 aromatic rings. The van der Waals surface area contributed by atoms with Crippen LogP contribution in [0, 0.1) is 0 Å². The molecule has 1 heterocycles. The van der Waals surface area contributed by atoms with Crippen LogP contribution in [0.25, 0.3) is 0 Å². The molecule has 1 aliphatic heterocycles. The van der Waals surface area contributed by atoms with Gasteiger partial charge in [0.05, 0.1) is 0 Å². The molecule has 0 aromatic heterocycles. The van der Waals surface area contributed by atoms with Crippen LogP contribution in [0.1, 0.15) is 13.8 Å². The Kier molecular flexibility index (Phi) is 2.79. The van der Waals surface area contributed by atoms with Crippen molar-refractivity contribution < 1.29 is 30.7 Å². The zero-order valence-corrected chi connectivity index (χ0v) is 11.8. The summed E-state index contributed by atoms with van der Waals surface area (Å²) in [5.74, 6) is 1.52. The predicted molar refractivity (Wildman–Crippen MR) is 56.3 cm³/mol. The monoisotopic (exact) mass is 339 g/mol. The number of alkyl halides is 3. The first kappa shape index (κ1) is 11.3. The second-order valence-corrected chi connectivity index (χ2v) is 7.63. The summed E-state index contributed by atoms with van der Waals surface area (Å²) >= 11 is 6.19. The van der Waals surface area contributed by atoms with E-state index in [1.807, 2.05) is 38.1 Å². The Balaban J connectivity index is 2.45. The quantitative estimate of drug-likeness (QED) is 0.523. The number of rotatable bonds is 1. The number of hydrogen-bond acceptors (Lipinski definition) is 2. The summed E-state index contributed by atoms with van der Waals surface area (Å²) in [6, 6.07) is 7.65. The number of fused-ring (bicyclic) bond motifs is 1. The summed E-state index contributed by atoms with van der Waals surface area (Å²) in [6.07, 6.45) is 0. The van der Waals surface area contributed by atoms with E-state index in [0.717, 1.165) is 11.5 Å². The van der Waals surface area contributed by atoms with E-state index in [2.05, 4.69) is 4.93 Å². The van der Waals surface area contributed by atoms with Gasteiger partial charge < -0.3 is 0 Å². The molecule has 0 N–H and O–H groups in total. The van der Waals surface area contributed by atoms with Crippen LogP contribution in [0.2, 0.25) is 0 Å². The van der Waals surface area contributed by atoms with Crippen molar-refractivity contribution in [3.05, 3.63) is 24.3 Å². The summed E-state index contributed by atoms with van der Waals surface area (Å²) < 4.78 is 11.1. The summed E-state index contributed by atoms with van der Waals surface area (Å²) in [5.41, 5.74) is -0.481. The first-order chi connectivity index (χ1) is 6.98. The molecule has 0 fully saturated rings. The number of benzene rings is 1. The van der Waals surface area contributed by atoms with E-state index in [9.17, 15) is 0 Å². The van der Waals surface area contributed by atoms with Gasteiger partial charge in [0.2, 0.25) is 0 Å². The van der Waals surface area contributed by atoms with Crippen LogP contribution in [0.15, 0.2) is 24.3 Å². The molecule has 1 atom stereocenters. The van der Waals surface area contributed by atoms with E-state index >= 15 is 0 Å². The van der Waals surface area contributed by atoms with Crippen molar-refractivity contribution in [3.8, 4) is 11.5 Å². The van der Waals surface area contributed by atoms with E-state index in [0.29, 0.717) is 0 Å². The molecule has 15 heavy (non-hydrogen) atoms. The minimum absolute atomic E-state index is 0.295. The van der Waals surface area contributed by atoms with Crippen LogP contribution in [0.3, 0.4) is 0 Å². The molecule has 0 amide bonds. The van der Waals surface area contributed by atoms with Crippen LogP contribution in [0.5, 0.6) is 11.5 Å². The summed E-state index contributed by atoms with van der Waals surface area (Å²) in [4.78, 5) is 2.10. The third kappa shape index (κ3) is 1.80. The molecule has 0 spiro atoms. The Labute approximate surface area is 105 Å². The SMILES string of the molecule is C[I-]C1(Cl)Oc2ccccc2OC1(C)C. The molecule has 4 heteroatoms. The van der Waals surface area contributed by atoms with E-state index in [4.69, 9.17) is 21.1 Å². The van der Waals surface area contributed by atoms with Gasteiger partial charge in [0.1, 0.15) is 0 Å². The van der Waals surface area contributed by atoms with Gasteiger partial charge in [-0.05, 0) is 0 Å². The zero-order chi connectivity index (χ0) is 11.1. The van der Waals surface area contributed by atoms with Gasteiger partial charge in [-0.1, -0.05) is 0 Å². The van der Waals surface area contributed by atoms with Crippen LogP contribution in [-0.2, 0) is 0 Å². The normalized spacial score (nSPS) is 27.7. The average molecular weight is 340 g/mol. The third-order valence-electron chi connectivity index (χ3n) is 2.40. The average Bonchev–Trinajstić information content (AvgIpc) is 2.19. The number of ether oxygens (including phenoxy) is 2. The van der Waals surface area contributed by atoms with Crippen molar-refractivity contribution in [2.45, 2.75) is 22.5 Å². The van der Waals surface area contributed by atoms with Crippen molar-refractivity contribution in [1.82, 2.24) is 0 Å². The second kappa shape index (κ2) is 3.70. The topological polar surface area (TPSA) is 18.5 Å². The molecule has 0 saturated heterocycles. The molecule has 84 valence electrons. The molecule has 2 rings (SSSR count). The second-order valence-electron chi connectivity index (χ2n) is 3.87. The molecule has 0 aliphatic carbocycles. The maximum atomic E-state index is 6.48. The first-order valence-electron chi connectivity index (χ1n) is 4.65. The van der Waals surface area contributed by atoms with Gasteiger partial charge >= 0.3 is 105 Å². The zero-order valence-electron chi connectivity index (χ0n) is 8.88. The summed E-state index contributed by atoms with van der Waals surface area (Å²) in [5, 5.41) is 0. The van der Waals surface area contributed by atoms with Crippen molar-refractivity contribution in [1.29, 1.82) is 0 Å². The van der Waals surface area contributed by atoms with Gasteiger partial charge in [-0.15, -0.1) is 0 Å². The number of halogens is 2. The molecular weight excluding hydrogens is 326 g/mol. The molecule has 1 unspecified atom stereocenters. The van der Waals surface area contributed by atoms with Crippen molar-refractivity contribution >= 4 is 11.6 Å². The van der Waals surface area contributed by atoms with E-state index < -0.39 is 8.67 Å². The minimum atomic E-state index is -0.680. The van der Waals surface area contributed by atoms with E-state index in [-0.39, 0.29) is 21.2 Å². The van der Waals surface area contributed by atoms with Crippen LogP contribution < -0.4 is 30.7 Å². The number of hydrogen-bond donors (Lipinski definition) is 0. The molecule has 0 saturated carbocycles. The Morgan fingerprint density at radius 1 is 1.13 bits per heavy atom. The standard InChI is InChI=1S/C11H13ClIO2/c1-10(2)11(12,13-3)15-9-7-5-4-6-8(9)14-10/h4-7H,1-3H3/q-1. The van der Waals surface area contributed by atoms with Crippen molar-refractivity contribution in [2.75, 3.05) is 4.93 Å². The van der Waals surface area contributed by atoms with Gasteiger partial charge in [0, 0.05) is 0 Å². The molecule has 0 radical (unpaired) electrons. The van der Waals surface area contributed by atoms with Gasteiger partial charge in [-0.2, -0.15) is 0 Å². The Hall–Kier alpha value is -0.160. The van der Waals surface area contributed by atoms with Crippen LogP contribution in [-0.4, -0.2) is 13.6 Å². The molecular formula is C11H13ClIO2-.